The lowest BCUT2D eigenvalue weighted by molar-refractivity contribution is -0.142. The number of nitrogens with zero attached hydrogens (tertiary/aromatic N) is 5. The van der Waals surface area contributed by atoms with Crippen LogP contribution in [0.3, 0.4) is 0 Å². The number of carbonyl (C=O) groups excluding carboxylic acids is 5. The maximum Gasteiger partial charge on any atom is 0.322 e. The first-order valence-electron chi connectivity index (χ1n) is 14.7. The van der Waals surface area contributed by atoms with Crippen molar-refractivity contribution in [2.24, 2.45) is 16.8 Å². The molecular formula is C30H34N8O7S. The first-order chi connectivity index (χ1) is 22.0. The predicted octanol–water partition coefficient (Wildman–Crippen LogP) is 0.591. The molecule has 4 heterocycles. The number of nitrogens with one attached hydrogen (secondary N) is 2. The predicted molar refractivity (Wildman–Crippen MR) is 167 cm³/mol. The fourth-order valence-electron chi connectivity index (χ4n) is 5.30. The second-order valence-corrected chi connectivity index (χ2v) is 12.5. The van der Waals surface area contributed by atoms with Crippen LogP contribution in [0.15, 0.2) is 47.8 Å². The molecule has 16 heteroatoms. The van der Waals surface area contributed by atoms with Crippen LogP contribution < -0.4 is 16.4 Å². The van der Waals surface area contributed by atoms with Gasteiger partial charge in [0, 0.05) is 62.2 Å². The molecule has 46 heavy (non-hydrogen) atoms. The van der Waals surface area contributed by atoms with Gasteiger partial charge in [0.15, 0.2) is 0 Å². The van der Waals surface area contributed by atoms with Gasteiger partial charge in [-0.25, -0.2) is 9.80 Å². The summed E-state index contributed by atoms with van der Waals surface area (Å²) in [5, 5.41) is 19.5. The van der Waals surface area contributed by atoms with Crippen molar-refractivity contribution in [2.45, 2.75) is 44.1 Å². The van der Waals surface area contributed by atoms with Gasteiger partial charge >= 0.3 is 12.0 Å². The zero-order chi connectivity index (χ0) is 33.0. The lowest BCUT2D eigenvalue weighted by Gasteiger charge is -2.28. The highest BCUT2D eigenvalue weighted by Gasteiger charge is 2.40. The quantitative estimate of drug-likeness (QED) is 0.249. The molecule has 5 rings (SSSR count). The van der Waals surface area contributed by atoms with E-state index in [2.05, 4.69) is 20.7 Å². The Morgan fingerprint density at radius 1 is 1.07 bits per heavy atom. The third-order valence-electron chi connectivity index (χ3n) is 7.85. The van der Waals surface area contributed by atoms with Gasteiger partial charge in [-0.1, -0.05) is 19.1 Å². The fraction of sp³-hybridized carbons (Fsp3) is 0.400. The van der Waals surface area contributed by atoms with Gasteiger partial charge in [-0.15, -0.1) is 11.8 Å². The third kappa shape index (κ3) is 7.51. The minimum absolute atomic E-state index is 0.0407. The molecule has 5 N–H and O–H groups in total. The summed E-state index contributed by atoms with van der Waals surface area (Å²) >= 11 is 0.974. The first kappa shape index (κ1) is 32.6. The largest absolute Gasteiger partial charge is 0.480 e. The monoisotopic (exact) mass is 650 g/mol. The van der Waals surface area contributed by atoms with Crippen molar-refractivity contribution in [1.29, 1.82) is 0 Å². The minimum atomic E-state index is -1.21. The number of pyridine rings is 1. The molecular weight excluding hydrogens is 616 g/mol. The van der Waals surface area contributed by atoms with Gasteiger partial charge < -0.3 is 26.4 Å². The Morgan fingerprint density at radius 2 is 1.80 bits per heavy atom. The average Bonchev–Trinajstić information content (AvgIpc) is 3.58. The number of thioether (sulfide) groups is 1. The maximum absolute atomic E-state index is 12.8. The number of hydrogen-bond donors (Lipinski definition) is 4. The fourth-order valence-corrected chi connectivity index (χ4v) is 6.41. The Balaban J connectivity index is 1.11. The van der Waals surface area contributed by atoms with Gasteiger partial charge in [-0.05, 0) is 34.9 Å². The number of carboxylic acids is 1. The highest BCUT2D eigenvalue weighted by molar-refractivity contribution is 8.00. The van der Waals surface area contributed by atoms with Crippen LogP contribution in [-0.4, -0.2) is 103 Å². The van der Waals surface area contributed by atoms with Gasteiger partial charge in [-0.2, -0.15) is 5.10 Å². The maximum atomic E-state index is 12.8. The van der Waals surface area contributed by atoms with Crippen molar-refractivity contribution >= 4 is 58.8 Å². The summed E-state index contributed by atoms with van der Waals surface area (Å²) in [5.74, 6) is -3.29. The molecule has 0 bridgehead atoms. The molecule has 6 amide bonds. The highest BCUT2D eigenvalue weighted by Crippen LogP contribution is 2.26. The number of hydrazone groups is 1. The number of urea groups is 1. The summed E-state index contributed by atoms with van der Waals surface area (Å²) in [5.41, 5.74) is 9.66. The molecule has 2 unspecified atom stereocenters. The summed E-state index contributed by atoms with van der Waals surface area (Å²) in [7, 11) is 0. The highest BCUT2D eigenvalue weighted by atomic mass is 32.2. The molecule has 1 aromatic carbocycles. The summed E-state index contributed by atoms with van der Waals surface area (Å²) in [6.45, 7) is 2.54. The van der Waals surface area contributed by atoms with Crippen LogP contribution in [0, 0.1) is 5.92 Å². The molecule has 3 aliphatic rings. The Bertz CT molecular complexity index is 1560. The molecule has 0 saturated carbocycles. The van der Waals surface area contributed by atoms with Gasteiger partial charge in [0.1, 0.15) is 12.6 Å². The van der Waals surface area contributed by atoms with E-state index < -0.39 is 41.5 Å². The number of likely N-dealkylation sites (tertiary alicyclic amines) is 1. The number of rotatable bonds is 11. The van der Waals surface area contributed by atoms with Crippen molar-refractivity contribution in [2.75, 3.05) is 30.7 Å². The van der Waals surface area contributed by atoms with E-state index in [0.717, 1.165) is 33.4 Å². The zero-order valence-electron chi connectivity index (χ0n) is 25.0. The number of aliphatic carboxylic acids is 1. The molecule has 242 valence electrons. The SMILES string of the molecule is CC1CC(=O)N(CCNC(=O)CN2C(=O)CC(SC[C@H](N)C(=O)O)C2=O)N=C1c1ccc(NC(=O)N2Cc3ccncc3C2)cc1. The Hall–Kier alpha value is -4.83. The van der Waals surface area contributed by atoms with Gasteiger partial charge in [-0.3, -0.25) is 33.9 Å². The number of anilines is 1. The number of hydrogen-bond acceptors (Lipinski definition) is 10. The van der Waals surface area contributed by atoms with Crippen LogP contribution in [0.5, 0.6) is 0 Å². The van der Waals surface area contributed by atoms with Crippen LogP contribution in [0.2, 0.25) is 0 Å². The van der Waals surface area contributed by atoms with E-state index in [1.807, 2.05) is 25.1 Å². The lowest BCUT2D eigenvalue weighted by atomic mass is 9.93. The van der Waals surface area contributed by atoms with Gasteiger partial charge in [0.25, 0.3) is 0 Å². The van der Waals surface area contributed by atoms with E-state index >= 15 is 0 Å². The standard InChI is InChI=1S/C30H34N8O7S/c1-17-10-26(41)38(9-8-33-24(39)15-37-25(40)11-23(28(37)42)46-16-22(31)29(43)44)35-27(17)18-2-4-21(5-3-18)34-30(45)36-13-19-6-7-32-12-20(19)14-36/h2-7,12,17,22-23H,8-11,13-16,31H2,1H3,(H,33,39)(H,34,45)(H,43,44)/t17?,22-,23?/m0/s1. The van der Waals surface area contributed by atoms with Crippen LogP contribution in [0.1, 0.15) is 36.5 Å². The topological polar surface area (TPSA) is 208 Å². The number of nitrogens with two attached hydrogens (primary N) is 1. The van der Waals surface area contributed by atoms with E-state index in [1.54, 1.807) is 29.4 Å². The minimum Gasteiger partial charge on any atom is -0.480 e. The summed E-state index contributed by atoms with van der Waals surface area (Å²) in [4.78, 5) is 80.5. The van der Waals surface area contributed by atoms with E-state index in [0.29, 0.717) is 24.5 Å². The van der Waals surface area contributed by atoms with E-state index in [9.17, 15) is 28.8 Å². The van der Waals surface area contributed by atoms with Gasteiger partial charge in [0.05, 0.1) is 17.5 Å². The number of carbonyl (C=O) groups is 6. The smallest absolute Gasteiger partial charge is 0.322 e. The number of imide groups is 1. The number of amides is 6. The van der Waals surface area contributed by atoms with E-state index in [1.165, 1.54) is 5.01 Å². The van der Waals surface area contributed by atoms with Crippen LogP contribution in [-0.2, 0) is 37.1 Å². The summed E-state index contributed by atoms with van der Waals surface area (Å²) in [6.07, 6.45) is 3.56. The van der Waals surface area contributed by atoms with Crippen LogP contribution >= 0.6 is 11.8 Å². The molecule has 1 aromatic heterocycles. The molecule has 3 aliphatic heterocycles. The molecule has 0 radical (unpaired) electrons. The van der Waals surface area contributed by atoms with Crippen molar-refractivity contribution in [3.8, 4) is 0 Å². The Labute approximate surface area is 268 Å². The number of aromatic nitrogens is 1. The molecule has 1 fully saturated rings. The van der Waals surface area contributed by atoms with Crippen LogP contribution in [0.25, 0.3) is 0 Å². The molecule has 3 atom stereocenters. The van der Waals surface area contributed by atoms with Crippen LogP contribution in [0.4, 0.5) is 10.5 Å². The second-order valence-electron chi connectivity index (χ2n) is 11.3. The number of benzene rings is 1. The lowest BCUT2D eigenvalue weighted by Crippen LogP contribution is -2.44. The van der Waals surface area contributed by atoms with Crippen molar-refractivity contribution in [1.82, 2.24) is 25.1 Å². The van der Waals surface area contributed by atoms with Crippen molar-refractivity contribution in [3.05, 3.63) is 59.4 Å². The molecule has 2 aromatic rings. The summed E-state index contributed by atoms with van der Waals surface area (Å²) in [6, 6.07) is 7.73. The molecule has 1 saturated heterocycles. The number of carboxylic acid groups (broad SMARTS) is 1. The summed E-state index contributed by atoms with van der Waals surface area (Å²) < 4.78 is 0. The normalized spacial score (nSPS) is 20.0. The zero-order valence-corrected chi connectivity index (χ0v) is 25.9. The first-order valence-corrected chi connectivity index (χ1v) is 15.7. The van der Waals surface area contributed by atoms with Gasteiger partial charge in [0.2, 0.25) is 23.6 Å². The molecule has 0 spiro atoms. The Morgan fingerprint density at radius 3 is 2.52 bits per heavy atom. The average molecular weight is 651 g/mol. The van der Waals surface area contributed by atoms with E-state index in [-0.39, 0.29) is 49.5 Å². The second kappa shape index (κ2) is 14.1. The molecule has 0 aliphatic carbocycles. The molecule has 15 nitrogen and oxygen atoms in total. The Kier molecular flexibility index (Phi) is 9.96. The number of fused-ring (bicyclic) bond motifs is 1. The third-order valence-corrected chi connectivity index (χ3v) is 9.18. The van der Waals surface area contributed by atoms with E-state index in [4.69, 9.17) is 10.8 Å². The van der Waals surface area contributed by atoms with Crippen molar-refractivity contribution < 1.29 is 33.9 Å². The van der Waals surface area contributed by atoms with Crippen molar-refractivity contribution in [3.63, 3.8) is 0 Å².